The van der Waals surface area contributed by atoms with Crippen molar-refractivity contribution in [2.75, 3.05) is 31.1 Å². The van der Waals surface area contributed by atoms with E-state index >= 15 is 0 Å². The Labute approximate surface area is 132 Å². The molecule has 1 aliphatic heterocycles. The summed E-state index contributed by atoms with van der Waals surface area (Å²) < 4.78 is 0. The van der Waals surface area contributed by atoms with Gasteiger partial charge in [0.1, 0.15) is 6.54 Å². The molecule has 3 rings (SSSR count). The molecule has 0 spiro atoms. The number of ketones is 1. The van der Waals surface area contributed by atoms with E-state index in [9.17, 15) is 4.79 Å². The average molecular weight is 330 g/mol. The number of Topliss-reactive ketones (excluding diaryl/α,β-unsaturated/α-hetero) is 1. The number of nitrogens with zero attached hydrogens (tertiary/aromatic N) is 6. The smallest absolute Gasteiger partial charge is 0.216 e. The molecule has 1 fully saturated rings. The molecule has 2 aromatic heterocycles. The molecular formula is C11H16ClN7OS. The van der Waals surface area contributed by atoms with Crippen LogP contribution in [0.2, 0.25) is 0 Å². The molecule has 2 aromatic rings. The lowest BCUT2D eigenvalue weighted by molar-refractivity contribution is -0.117. The maximum absolute atomic E-state index is 11.0. The second-order valence-corrected chi connectivity index (χ2v) is 5.60. The van der Waals surface area contributed by atoms with Gasteiger partial charge in [-0.2, -0.15) is 4.80 Å². The Balaban J connectivity index is 0.00000161. The van der Waals surface area contributed by atoms with Crippen LogP contribution in [0, 0.1) is 0 Å². The van der Waals surface area contributed by atoms with Crippen LogP contribution in [0.4, 0.5) is 5.13 Å². The van der Waals surface area contributed by atoms with Crippen molar-refractivity contribution in [1.29, 1.82) is 0 Å². The van der Waals surface area contributed by atoms with E-state index in [1.807, 2.05) is 0 Å². The summed E-state index contributed by atoms with van der Waals surface area (Å²) in [5, 5.41) is 16.3. The summed E-state index contributed by atoms with van der Waals surface area (Å²) in [5.41, 5.74) is 0. The quantitative estimate of drug-likeness (QED) is 0.858. The lowest BCUT2D eigenvalue weighted by Gasteiger charge is -2.26. The van der Waals surface area contributed by atoms with Crippen LogP contribution in [0.3, 0.4) is 0 Å². The number of carbonyl (C=O) groups excluding carboxylic acids is 1. The largest absolute Gasteiger partial charge is 0.346 e. The molecule has 8 nitrogen and oxygen atoms in total. The third-order valence-corrected chi connectivity index (χ3v) is 3.97. The molecule has 114 valence electrons. The zero-order valence-electron chi connectivity index (χ0n) is 11.5. The third-order valence-electron chi connectivity index (χ3n) is 2.92. The Hall–Kier alpha value is -1.58. The number of nitrogens with one attached hydrogen (secondary N) is 1. The molecule has 1 saturated heterocycles. The Bertz CT molecular complexity index is 607. The molecule has 0 bridgehead atoms. The first kappa shape index (κ1) is 15.8. The molecule has 10 heteroatoms. The Morgan fingerprint density at radius 1 is 1.43 bits per heavy atom. The van der Waals surface area contributed by atoms with Gasteiger partial charge in [0.25, 0.3) is 0 Å². The lowest BCUT2D eigenvalue weighted by atomic mass is 10.4. The van der Waals surface area contributed by atoms with Crippen LogP contribution in [0.5, 0.6) is 0 Å². The lowest BCUT2D eigenvalue weighted by Crippen LogP contribution is -2.43. The maximum Gasteiger partial charge on any atom is 0.216 e. The van der Waals surface area contributed by atoms with Gasteiger partial charge in [-0.15, -0.1) is 22.6 Å². The molecule has 21 heavy (non-hydrogen) atoms. The number of hydrogen-bond donors (Lipinski definition) is 1. The maximum atomic E-state index is 11.0. The zero-order chi connectivity index (χ0) is 13.9. The summed E-state index contributed by atoms with van der Waals surface area (Å²) >= 11 is 1.55. The van der Waals surface area contributed by atoms with E-state index in [0.717, 1.165) is 36.2 Å². The second kappa shape index (κ2) is 6.92. The van der Waals surface area contributed by atoms with Crippen molar-refractivity contribution in [3.63, 3.8) is 0 Å². The number of anilines is 1. The molecule has 0 unspecified atom stereocenters. The fourth-order valence-electron chi connectivity index (χ4n) is 1.98. The van der Waals surface area contributed by atoms with Crippen molar-refractivity contribution < 1.29 is 4.79 Å². The summed E-state index contributed by atoms with van der Waals surface area (Å²) in [6, 6.07) is 0. The summed E-state index contributed by atoms with van der Waals surface area (Å²) in [6.45, 7) is 5.51. The van der Waals surface area contributed by atoms with E-state index < -0.39 is 0 Å². The van der Waals surface area contributed by atoms with E-state index in [4.69, 9.17) is 0 Å². The van der Waals surface area contributed by atoms with Gasteiger partial charge in [0.05, 0.1) is 11.1 Å². The van der Waals surface area contributed by atoms with Gasteiger partial charge < -0.3 is 10.2 Å². The Morgan fingerprint density at radius 3 is 2.90 bits per heavy atom. The molecular weight excluding hydrogens is 314 g/mol. The predicted molar refractivity (Wildman–Crippen MR) is 81.9 cm³/mol. The van der Waals surface area contributed by atoms with Gasteiger partial charge in [-0.3, -0.25) is 4.79 Å². The number of tetrazole rings is 1. The zero-order valence-corrected chi connectivity index (χ0v) is 13.2. The van der Waals surface area contributed by atoms with Crippen LogP contribution >= 0.6 is 23.7 Å². The molecule has 1 N–H and O–H groups in total. The van der Waals surface area contributed by atoms with Crippen LogP contribution in [-0.2, 0) is 11.3 Å². The second-order valence-electron chi connectivity index (χ2n) is 4.59. The monoisotopic (exact) mass is 329 g/mol. The highest BCUT2D eigenvalue weighted by Crippen LogP contribution is 2.28. The molecule has 0 radical (unpaired) electrons. The highest BCUT2D eigenvalue weighted by molar-refractivity contribution is 7.18. The van der Waals surface area contributed by atoms with E-state index in [2.05, 4.69) is 30.6 Å². The molecule has 0 aliphatic carbocycles. The van der Waals surface area contributed by atoms with E-state index in [0.29, 0.717) is 5.82 Å². The number of thiazole rings is 1. The normalized spacial score (nSPS) is 14.8. The molecule has 1 aliphatic rings. The summed E-state index contributed by atoms with van der Waals surface area (Å²) in [7, 11) is 0. The first-order chi connectivity index (χ1) is 9.72. The number of carbonyl (C=O) groups is 1. The SMILES string of the molecule is CC(=O)Cn1nnc(-c2cnc(N3CCNCC3)s2)n1.Cl. The van der Waals surface area contributed by atoms with E-state index in [-0.39, 0.29) is 24.7 Å². The molecule has 0 atom stereocenters. The first-order valence-electron chi connectivity index (χ1n) is 6.41. The molecule has 0 amide bonds. The average Bonchev–Trinajstić information content (AvgIpc) is 3.07. The molecule has 0 saturated carbocycles. The first-order valence-corrected chi connectivity index (χ1v) is 7.23. The van der Waals surface area contributed by atoms with Crippen LogP contribution in [0.1, 0.15) is 6.92 Å². The number of aromatic nitrogens is 5. The summed E-state index contributed by atoms with van der Waals surface area (Å²) in [4.78, 5) is 19.9. The molecule has 0 aromatic carbocycles. The van der Waals surface area contributed by atoms with Crippen molar-refractivity contribution in [1.82, 2.24) is 30.5 Å². The van der Waals surface area contributed by atoms with Crippen molar-refractivity contribution in [3.05, 3.63) is 6.20 Å². The van der Waals surface area contributed by atoms with Gasteiger partial charge in [-0.25, -0.2) is 4.98 Å². The molecule has 3 heterocycles. The topological polar surface area (TPSA) is 88.8 Å². The van der Waals surface area contributed by atoms with Gasteiger partial charge >= 0.3 is 0 Å². The van der Waals surface area contributed by atoms with E-state index in [1.165, 1.54) is 11.7 Å². The van der Waals surface area contributed by atoms with Crippen LogP contribution in [0.25, 0.3) is 10.7 Å². The number of rotatable bonds is 4. The van der Waals surface area contributed by atoms with Crippen LogP contribution in [0.15, 0.2) is 6.20 Å². The van der Waals surface area contributed by atoms with Crippen molar-refractivity contribution >= 4 is 34.7 Å². The predicted octanol–water partition coefficient (Wildman–Crippen LogP) is 0.217. The third kappa shape index (κ3) is 3.74. The minimum absolute atomic E-state index is 0. The minimum atomic E-state index is -0.000222. The summed E-state index contributed by atoms with van der Waals surface area (Å²) in [5.74, 6) is 0.518. The summed E-state index contributed by atoms with van der Waals surface area (Å²) in [6.07, 6.45) is 1.76. The highest BCUT2D eigenvalue weighted by Gasteiger charge is 2.16. The van der Waals surface area contributed by atoms with Crippen molar-refractivity contribution in [2.24, 2.45) is 0 Å². The number of hydrogen-bond acceptors (Lipinski definition) is 8. The van der Waals surface area contributed by atoms with Gasteiger partial charge in [0.15, 0.2) is 10.9 Å². The van der Waals surface area contributed by atoms with Gasteiger partial charge in [-0.05, 0) is 12.1 Å². The number of piperazine rings is 1. The standard InChI is InChI=1S/C11H15N7OS.ClH/c1-8(19)7-18-15-10(14-16-18)9-6-13-11(20-9)17-4-2-12-3-5-17;/h6,12H,2-5,7H2,1H3;1H. The van der Waals surface area contributed by atoms with Crippen molar-refractivity contribution in [2.45, 2.75) is 13.5 Å². The van der Waals surface area contributed by atoms with Gasteiger partial charge in [0.2, 0.25) is 5.82 Å². The fraction of sp³-hybridized carbons (Fsp3) is 0.545. The van der Waals surface area contributed by atoms with Crippen LogP contribution < -0.4 is 10.2 Å². The van der Waals surface area contributed by atoms with E-state index in [1.54, 1.807) is 17.5 Å². The highest BCUT2D eigenvalue weighted by atomic mass is 35.5. The Morgan fingerprint density at radius 2 is 2.19 bits per heavy atom. The van der Waals surface area contributed by atoms with Gasteiger partial charge in [-0.1, -0.05) is 11.3 Å². The fourth-order valence-corrected chi connectivity index (χ4v) is 2.87. The minimum Gasteiger partial charge on any atom is -0.346 e. The Kier molecular flexibility index (Phi) is 5.21. The van der Waals surface area contributed by atoms with Crippen LogP contribution in [-0.4, -0.2) is 57.2 Å². The number of halogens is 1. The van der Waals surface area contributed by atoms with Crippen molar-refractivity contribution in [3.8, 4) is 10.7 Å². The van der Waals surface area contributed by atoms with Gasteiger partial charge in [0, 0.05) is 26.2 Å².